The summed E-state index contributed by atoms with van der Waals surface area (Å²) in [5.41, 5.74) is 0.458. The molecular formula is C14H21F2N3O. The fraction of sp³-hybridized carbons (Fsp3) is 0.500. The second-order valence-electron chi connectivity index (χ2n) is 4.53. The Morgan fingerprint density at radius 1 is 1.30 bits per heavy atom. The minimum absolute atomic E-state index is 0.103. The third kappa shape index (κ3) is 4.45. The zero-order chi connectivity index (χ0) is 15.1. The number of hydrogen-bond donors (Lipinski definition) is 2. The number of nitrogens with one attached hydrogen (secondary N) is 2. The first-order valence-corrected chi connectivity index (χ1v) is 6.60. The highest BCUT2D eigenvalue weighted by atomic mass is 19.1. The van der Waals surface area contributed by atoms with Crippen molar-refractivity contribution in [2.24, 2.45) is 0 Å². The number of halogens is 2. The van der Waals surface area contributed by atoms with Crippen LogP contribution in [-0.4, -0.2) is 33.1 Å². The molecule has 2 N–H and O–H groups in total. The van der Waals surface area contributed by atoms with Crippen LogP contribution in [0, 0.1) is 11.6 Å². The van der Waals surface area contributed by atoms with E-state index in [1.54, 1.807) is 7.05 Å². The lowest BCUT2D eigenvalue weighted by Gasteiger charge is -2.20. The molecule has 20 heavy (non-hydrogen) atoms. The van der Waals surface area contributed by atoms with Crippen molar-refractivity contribution in [3.63, 3.8) is 0 Å². The molecule has 112 valence electrons. The molecule has 0 bridgehead atoms. The molecule has 0 aromatic heterocycles. The summed E-state index contributed by atoms with van der Waals surface area (Å²) in [4.78, 5) is 12.6. The number of rotatable bonds is 7. The van der Waals surface area contributed by atoms with Crippen molar-refractivity contribution in [1.82, 2.24) is 10.6 Å². The Kier molecular flexibility index (Phi) is 6.38. The summed E-state index contributed by atoms with van der Waals surface area (Å²) in [6.07, 6.45) is 0.186. The molecule has 0 saturated carbocycles. The third-order valence-electron chi connectivity index (χ3n) is 2.99. The summed E-state index contributed by atoms with van der Waals surface area (Å²) < 4.78 is 28.0. The molecule has 1 aromatic rings. The SMILES string of the molecule is CCNCc1cc(F)c(N(C)CCC(=O)NC)c(F)c1. The second-order valence-corrected chi connectivity index (χ2v) is 4.53. The van der Waals surface area contributed by atoms with Crippen molar-refractivity contribution in [2.45, 2.75) is 19.9 Å². The molecule has 1 amide bonds. The van der Waals surface area contributed by atoms with Crippen LogP contribution in [0.1, 0.15) is 18.9 Å². The first-order valence-electron chi connectivity index (χ1n) is 6.60. The van der Waals surface area contributed by atoms with E-state index in [0.717, 1.165) is 6.54 Å². The summed E-state index contributed by atoms with van der Waals surface area (Å²) in [5.74, 6) is -1.39. The number of carbonyl (C=O) groups is 1. The molecule has 0 fully saturated rings. The fourth-order valence-corrected chi connectivity index (χ4v) is 1.86. The Hall–Kier alpha value is -1.69. The lowest BCUT2D eigenvalue weighted by atomic mass is 10.1. The number of hydrogen-bond acceptors (Lipinski definition) is 3. The number of anilines is 1. The zero-order valence-corrected chi connectivity index (χ0v) is 12.1. The van der Waals surface area contributed by atoms with Gasteiger partial charge in [-0.3, -0.25) is 4.79 Å². The van der Waals surface area contributed by atoms with Gasteiger partial charge in [0, 0.05) is 33.6 Å². The molecule has 0 heterocycles. The van der Waals surface area contributed by atoms with Crippen LogP contribution in [-0.2, 0) is 11.3 Å². The number of carbonyl (C=O) groups excluding carboxylic acids is 1. The Morgan fingerprint density at radius 3 is 2.40 bits per heavy atom. The molecule has 0 aliphatic rings. The molecule has 4 nitrogen and oxygen atoms in total. The third-order valence-corrected chi connectivity index (χ3v) is 2.99. The fourth-order valence-electron chi connectivity index (χ4n) is 1.86. The molecule has 0 atom stereocenters. The van der Waals surface area contributed by atoms with E-state index in [1.165, 1.54) is 24.1 Å². The Balaban J connectivity index is 2.81. The summed E-state index contributed by atoms with van der Waals surface area (Å²) in [6.45, 7) is 3.33. The van der Waals surface area contributed by atoms with E-state index in [0.29, 0.717) is 12.1 Å². The van der Waals surface area contributed by atoms with Gasteiger partial charge in [-0.1, -0.05) is 6.92 Å². The van der Waals surface area contributed by atoms with Gasteiger partial charge in [0.2, 0.25) is 5.91 Å². The molecule has 0 aliphatic heterocycles. The number of amides is 1. The minimum Gasteiger partial charge on any atom is -0.369 e. The van der Waals surface area contributed by atoms with Crippen LogP contribution in [0.5, 0.6) is 0 Å². The number of benzene rings is 1. The average Bonchev–Trinajstić information content (AvgIpc) is 2.41. The van der Waals surface area contributed by atoms with Crippen molar-refractivity contribution in [3.8, 4) is 0 Å². The summed E-state index contributed by atoms with van der Waals surface area (Å²) in [6, 6.07) is 2.63. The topological polar surface area (TPSA) is 44.4 Å². The van der Waals surface area contributed by atoms with Crippen LogP contribution in [0.2, 0.25) is 0 Å². The zero-order valence-electron chi connectivity index (χ0n) is 12.1. The van der Waals surface area contributed by atoms with Gasteiger partial charge in [0.1, 0.15) is 17.3 Å². The van der Waals surface area contributed by atoms with Crippen molar-refractivity contribution in [3.05, 3.63) is 29.3 Å². The Morgan fingerprint density at radius 2 is 1.90 bits per heavy atom. The van der Waals surface area contributed by atoms with Gasteiger partial charge in [-0.25, -0.2) is 8.78 Å². The smallest absolute Gasteiger partial charge is 0.221 e. The van der Waals surface area contributed by atoms with E-state index in [4.69, 9.17) is 0 Å². The number of nitrogens with zero attached hydrogens (tertiary/aromatic N) is 1. The second kappa shape index (κ2) is 7.79. The van der Waals surface area contributed by atoms with E-state index < -0.39 is 11.6 Å². The lowest BCUT2D eigenvalue weighted by Crippen LogP contribution is -2.27. The highest BCUT2D eigenvalue weighted by Gasteiger charge is 2.15. The quantitative estimate of drug-likeness (QED) is 0.800. The minimum atomic E-state index is -0.614. The van der Waals surface area contributed by atoms with E-state index in [-0.39, 0.29) is 24.6 Å². The first-order chi connectivity index (χ1) is 9.49. The van der Waals surface area contributed by atoms with Gasteiger partial charge < -0.3 is 15.5 Å². The van der Waals surface area contributed by atoms with Gasteiger partial charge in [0.25, 0.3) is 0 Å². The first kappa shape index (κ1) is 16.4. The molecule has 1 aromatic carbocycles. The molecular weight excluding hydrogens is 264 g/mol. The van der Waals surface area contributed by atoms with Crippen LogP contribution in [0.15, 0.2) is 12.1 Å². The molecule has 0 spiro atoms. The summed E-state index contributed by atoms with van der Waals surface area (Å²) >= 11 is 0. The molecule has 0 saturated heterocycles. The van der Waals surface area contributed by atoms with Gasteiger partial charge >= 0.3 is 0 Å². The van der Waals surface area contributed by atoms with Gasteiger partial charge in [0.05, 0.1) is 0 Å². The largest absolute Gasteiger partial charge is 0.369 e. The predicted molar refractivity (Wildman–Crippen MR) is 75.7 cm³/mol. The highest BCUT2D eigenvalue weighted by molar-refractivity contribution is 5.76. The van der Waals surface area contributed by atoms with Crippen molar-refractivity contribution in [2.75, 3.05) is 32.1 Å². The summed E-state index contributed by atoms with van der Waals surface area (Å²) in [7, 11) is 3.09. The van der Waals surface area contributed by atoms with Crippen LogP contribution in [0.3, 0.4) is 0 Å². The maximum absolute atomic E-state index is 14.0. The van der Waals surface area contributed by atoms with E-state index in [9.17, 15) is 13.6 Å². The molecule has 6 heteroatoms. The van der Waals surface area contributed by atoms with Crippen LogP contribution in [0.4, 0.5) is 14.5 Å². The normalized spacial score (nSPS) is 10.4. The van der Waals surface area contributed by atoms with Crippen molar-refractivity contribution >= 4 is 11.6 Å². The van der Waals surface area contributed by atoms with Crippen LogP contribution >= 0.6 is 0 Å². The Labute approximate surface area is 118 Å². The standard InChI is InChI=1S/C14H21F2N3O/c1-4-18-9-10-7-11(15)14(12(16)8-10)19(3)6-5-13(20)17-2/h7-8,18H,4-6,9H2,1-3H3,(H,17,20). The highest BCUT2D eigenvalue weighted by Crippen LogP contribution is 2.24. The van der Waals surface area contributed by atoms with Gasteiger partial charge in [-0.2, -0.15) is 0 Å². The molecule has 1 rings (SSSR count). The average molecular weight is 285 g/mol. The summed E-state index contributed by atoms with van der Waals surface area (Å²) in [5, 5.41) is 5.49. The van der Waals surface area contributed by atoms with E-state index >= 15 is 0 Å². The molecule has 0 unspecified atom stereocenters. The van der Waals surface area contributed by atoms with E-state index in [1.807, 2.05) is 6.92 Å². The van der Waals surface area contributed by atoms with Crippen molar-refractivity contribution in [1.29, 1.82) is 0 Å². The Bertz CT molecular complexity index is 443. The maximum Gasteiger partial charge on any atom is 0.221 e. The molecule has 0 aliphatic carbocycles. The van der Waals surface area contributed by atoms with Crippen LogP contribution < -0.4 is 15.5 Å². The monoisotopic (exact) mass is 285 g/mol. The lowest BCUT2D eigenvalue weighted by molar-refractivity contribution is -0.120. The van der Waals surface area contributed by atoms with Gasteiger partial charge in [-0.05, 0) is 24.2 Å². The maximum atomic E-state index is 14.0. The van der Waals surface area contributed by atoms with Crippen LogP contribution in [0.25, 0.3) is 0 Å². The molecule has 0 radical (unpaired) electrons. The van der Waals surface area contributed by atoms with Gasteiger partial charge in [0.15, 0.2) is 0 Å². The van der Waals surface area contributed by atoms with E-state index in [2.05, 4.69) is 10.6 Å². The van der Waals surface area contributed by atoms with Gasteiger partial charge in [-0.15, -0.1) is 0 Å². The van der Waals surface area contributed by atoms with Crippen molar-refractivity contribution < 1.29 is 13.6 Å². The predicted octanol–water partition coefficient (Wildman–Crippen LogP) is 1.65.